The highest BCUT2D eigenvalue weighted by Crippen LogP contribution is 2.46. The van der Waals surface area contributed by atoms with E-state index in [1.165, 1.54) is 25.5 Å². The highest BCUT2D eigenvalue weighted by Gasteiger charge is 2.45. The number of benzene rings is 1. The predicted molar refractivity (Wildman–Crippen MR) is 124 cm³/mol. The van der Waals surface area contributed by atoms with E-state index in [-0.39, 0.29) is 34.8 Å². The molecule has 0 bridgehead atoms. The van der Waals surface area contributed by atoms with E-state index < -0.39 is 41.9 Å². The van der Waals surface area contributed by atoms with Gasteiger partial charge in [0.05, 0.1) is 41.8 Å². The average Bonchev–Trinajstić information content (AvgIpc) is 3.74. The number of imidazole rings is 1. The number of halogens is 5. The lowest BCUT2D eigenvalue weighted by Gasteiger charge is -2.23. The molecule has 0 saturated heterocycles. The van der Waals surface area contributed by atoms with Gasteiger partial charge in [0.1, 0.15) is 12.0 Å². The van der Waals surface area contributed by atoms with Crippen LogP contribution in [0.5, 0.6) is 0 Å². The third-order valence-electron chi connectivity index (χ3n) is 6.97. The van der Waals surface area contributed by atoms with E-state index in [1.807, 2.05) is 5.32 Å². The Morgan fingerprint density at radius 2 is 1.95 bits per heavy atom. The van der Waals surface area contributed by atoms with Crippen molar-refractivity contribution < 1.29 is 31.5 Å². The van der Waals surface area contributed by atoms with E-state index >= 15 is 4.39 Å². The van der Waals surface area contributed by atoms with Crippen LogP contribution in [0.25, 0.3) is 27.8 Å². The number of nitrogens with one attached hydrogen (secondary N) is 3. The summed E-state index contributed by atoms with van der Waals surface area (Å²) in [5.41, 5.74) is 1.23. The number of fused-ring (bicyclic) bond motifs is 2. The smallest absolute Gasteiger partial charge is 0.341 e. The lowest BCUT2D eigenvalue weighted by molar-refractivity contribution is -0.174. The van der Waals surface area contributed by atoms with Gasteiger partial charge in [-0.15, -0.1) is 0 Å². The highest BCUT2D eigenvalue weighted by molar-refractivity contribution is 5.98. The van der Waals surface area contributed by atoms with Crippen molar-refractivity contribution >= 4 is 34.2 Å². The quantitative estimate of drug-likeness (QED) is 0.322. The molecule has 1 unspecified atom stereocenters. The molecule has 2 fully saturated rings. The fourth-order valence-electron chi connectivity index (χ4n) is 4.75. The minimum absolute atomic E-state index is 0.0844. The fourth-order valence-corrected chi connectivity index (χ4v) is 4.75. The molecular formula is C24H20F5N7O2. The molecule has 0 radical (unpaired) electrons. The Labute approximate surface area is 210 Å². The van der Waals surface area contributed by atoms with Gasteiger partial charge < -0.3 is 15.0 Å². The number of hydrogen-bond donors (Lipinski definition) is 3. The number of alkyl halides is 4. The fraction of sp³-hybridized carbons (Fsp3) is 0.375. The van der Waals surface area contributed by atoms with Gasteiger partial charge in [-0.25, -0.2) is 13.8 Å². The number of aromatic nitrogens is 5. The maximum atomic E-state index is 15.9. The molecule has 4 aromatic rings. The first-order valence-corrected chi connectivity index (χ1v) is 11.9. The predicted octanol–water partition coefficient (Wildman–Crippen LogP) is 4.15. The molecule has 0 aliphatic heterocycles. The van der Waals surface area contributed by atoms with Crippen LogP contribution in [0.4, 0.5) is 27.8 Å². The molecule has 3 aromatic heterocycles. The van der Waals surface area contributed by atoms with Gasteiger partial charge in [0.15, 0.2) is 11.5 Å². The van der Waals surface area contributed by atoms with Crippen LogP contribution in [0.15, 0.2) is 24.8 Å². The topological polar surface area (TPSA) is 117 Å². The summed E-state index contributed by atoms with van der Waals surface area (Å²) in [6.45, 7) is 1.48. The number of hydrogen-bond acceptors (Lipinski definition) is 5. The van der Waals surface area contributed by atoms with Crippen molar-refractivity contribution in [2.75, 3.05) is 5.32 Å². The maximum absolute atomic E-state index is 15.9. The molecule has 3 atom stereocenters. The van der Waals surface area contributed by atoms with Gasteiger partial charge in [-0.3, -0.25) is 19.7 Å². The van der Waals surface area contributed by atoms with Crippen molar-refractivity contribution in [1.29, 1.82) is 0 Å². The molecule has 2 aliphatic rings. The van der Waals surface area contributed by atoms with Gasteiger partial charge in [0.2, 0.25) is 5.91 Å². The SMILES string of the molecule is Cc1c(F)c(C(NC(=O)C(F)(F)F)C2CC2)c2[nH]ncc2c1-c1cn2cc(NC(=O)[C@@H]3C[C@@H]3F)nc2cn1. The van der Waals surface area contributed by atoms with Gasteiger partial charge in [-0.1, -0.05) is 0 Å². The lowest BCUT2D eigenvalue weighted by atomic mass is 9.91. The van der Waals surface area contributed by atoms with E-state index in [0.717, 1.165) is 0 Å². The van der Waals surface area contributed by atoms with Crippen molar-refractivity contribution in [3.63, 3.8) is 0 Å². The van der Waals surface area contributed by atoms with Crippen LogP contribution in [0.1, 0.15) is 36.4 Å². The number of amides is 2. The van der Waals surface area contributed by atoms with E-state index in [9.17, 15) is 27.2 Å². The van der Waals surface area contributed by atoms with Gasteiger partial charge in [-0.05, 0) is 37.7 Å². The normalized spacial score (nSPS) is 20.1. The number of anilines is 1. The summed E-state index contributed by atoms with van der Waals surface area (Å²) in [6, 6.07) is -1.19. The largest absolute Gasteiger partial charge is 0.471 e. The molecule has 2 amide bonds. The lowest BCUT2D eigenvalue weighted by Crippen LogP contribution is -2.40. The monoisotopic (exact) mass is 533 g/mol. The number of aromatic amines is 1. The van der Waals surface area contributed by atoms with Crippen molar-refractivity contribution in [3.8, 4) is 11.3 Å². The summed E-state index contributed by atoms with van der Waals surface area (Å²) in [5.74, 6) is -4.21. The van der Waals surface area contributed by atoms with Crippen LogP contribution in [0, 0.1) is 24.6 Å². The zero-order chi connectivity index (χ0) is 26.9. The summed E-state index contributed by atoms with van der Waals surface area (Å²) in [4.78, 5) is 32.4. The number of carbonyl (C=O) groups excluding carboxylic acids is 2. The zero-order valence-electron chi connectivity index (χ0n) is 19.7. The summed E-state index contributed by atoms with van der Waals surface area (Å²) in [5, 5.41) is 11.6. The number of rotatable bonds is 6. The van der Waals surface area contributed by atoms with Crippen molar-refractivity contribution in [3.05, 3.63) is 41.7 Å². The van der Waals surface area contributed by atoms with Crippen molar-refractivity contribution in [1.82, 2.24) is 29.9 Å². The molecule has 6 rings (SSSR count). The highest BCUT2D eigenvalue weighted by atomic mass is 19.4. The molecule has 9 nitrogen and oxygen atoms in total. The first-order chi connectivity index (χ1) is 18.0. The Hall–Kier alpha value is -4.10. The number of carbonyl (C=O) groups is 2. The van der Waals surface area contributed by atoms with Crippen LogP contribution in [-0.4, -0.2) is 48.7 Å². The molecule has 3 heterocycles. The zero-order valence-corrected chi connectivity index (χ0v) is 19.7. The standard InChI is InChI=1S/C24H20F5N7O2/c1-9-17(14-7-36-8-15(32-16(36)6-30-14)33-22(37)11-4-13(11)25)12-5-31-35-21(12)18(19(9)26)20(10-2-3-10)34-23(38)24(27,28)29/h5-8,10-11,13,20H,2-4H2,1H3,(H,31,35)(H,33,37)(H,34,38)/t11-,13+,20?/m1/s1. The Morgan fingerprint density at radius 3 is 2.61 bits per heavy atom. The Kier molecular flexibility index (Phi) is 5.40. The minimum atomic E-state index is -5.11. The Morgan fingerprint density at radius 1 is 1.21 bits per heavy atom. The van der Waals surface area contributed by atoms with E-state index in [2.05, 4.69) is 25.5 Å². The van der Waals surface area contributed by atoms with Crippen LogP contribution >= 0.6 is 0 Å². The summed E-state index contributed by atoms with van der Waals surface area (Å²) in [7, 11) is 0. The first-order valence-electron chi connectivity index (χ1n) is 11.9. The third-order valence-corrected chi connectivity index (χ3v) is 6.97. The number of H-pyrrole nitrogens is 1. The molecule has 198 valence electrons. The van der Waals surface area contributed by atoms with Crippen molar-refractivity contribution in [2.45, 2.75) is 44.6 Å². The average molecular weight is 533 g/mol. The minimum Gasteiger partial charge on any atom is -0.341 e. The van der Waals surface area contributed by atoms with Crippen LogP contribution < -0.4 is 10.6 Å². The third kappa shape index (κ3) is 4.13. The van der Waals surface area contributed by atoms with Gasteiger partial charge in [-0.2, -0.15) is 18.3 Å². The molecule has 2 aliphatic carbocycles. The molecule has 38 heavy (non-hydrogen) atoms. The van der Waals surface area contributed by atoms with Crippen LogP contribution in [-0.2, 0) is 9.59 Å². The molecule has 3 N–H and O–H groups in total. The molecule has 2 saturated carbocycles. The molecular weight excluding hydrogens is 513 g/mol. The summed E-state index contributed by atoms with van der Waals surface area (Å²) >= 11 is 0. The molecule has 14 heteroatoms. The Bertz CT molecular complexity index is 1610. The molecule has 1 aromatic carbocycles. The van der Waals surface area contributed by atoms with E-state index in [1.54, 1.807) is 10.6 Å². The number of nitrogens with zero attached hydrogens (tertiary/aromatic N) is 4. The second kappa shape index (κ2) is 8.46. The van der Waals surface area contributed by atoms with E-state index in [0.29, 0.717) is 35.1 Å². The summed E-state index contributed by atoms with van der Waals surface area (Å²) < 4.78 is 69.7. The Balaban J connectivity index is 1.40. The van der Waals surface area contributed by atoms with Crippen LogP contribution in [0.3, 0.4) is 0 Å². The van der Waals surface area contributed by atoms with Gasteiger partial charge in [0, 0.05) is 22.7 Å². The summed E-state index contributed by atoms with van der Waals surface area (Å²) in [6.07, 6.45) is 0.903. The second-order valence-electron chi connectivity index (χ2n) is 9.68. The first kappa shape index (κ1) is 24.2. The maximum Gasteiger partial charge on any atom is 0.471 e. The molecule has 0 spiro atoms. The van der Waals surface area contributed by atoms with Crippen molar-refractivity contribution in [2.24, 2.45) is 11.8 Å². The second-order valence-corrected chi connectivity index (χ2v) is 9.68. The van der Waals surface area contributed by atoms with Gasteiger partial charge >= 0.3 is 12.1 Å². The van der Waals surface area contributed by atoms with E-state index in [4.69, 9.17) is 0 Å². The van der Waals surface area contributed by atoms with Gasteiger partial charge in [0.25, 0.3) is 0 Å². The van der Waals surface area contributed by atoms with Crippen LogP contribution in [0.2, 0.25) is 0 Å².